The SMILES string of the molecule is Cc1ccc(Sc2ccc(/C=C3\SC(=O)N(Cc4c(F)cccc4Cl)C3=O)cc2[N+](=O)[O-])cc1. The molecule has 0 spiro atoms. The van der Waals surface area contributed by atoms with Crippen LogP contribution in [0.15, 0.2) is 75.4 Å². The highest BCUT2D eigenvalue weighted by Crippen LogP contribution is 2.38. The van der Waals surface area contributed by atoms with Crippen molar-refractivity contribution in [2.24, 2.45) is 0 Å². The van der Waals surface area contributed by atoms with E-state index in [0.29, 0.717) is 22.2 Å². The number of benzene rings is 3. The Bertz CT molecular complexity index is 1330. The number of carbonyl (C=O) groups excluding carboxylic acids is 2. The van der Waals surface area contributed by atoms with Gasteiger partial charge >= 0.3 is 0 Å². The predicted octanol–water partition coefficient (Wildman–Crippen LogP) is 7.08. The van der Waals surface area contributed by atoms with Gasteiger partial charge in [0.2, 0.25) is 0 Å². The number of hydrogen-bond acceptors (Lipinski definition) is 6. The number of thioether (sulfide) groups is 1. The Hall–Kier alpha value is -3.14. The fraction of sp³-hybridized carbons (Fsp3) is 0.0833. The van der Waals surface area contributed by atoms with E-state index in [0.717, 1.165) is 15.4 Å². The van der Waals surface area contributed by atoms with Gasteiger partial charge in [0.15, 0.2) is 0 Å². The topological polar surface area (TPSA) is 80.5 Å². The summed E-state index contributed by atoms with van der Waals surface area (Å²) >= 11 is 7.97. The van der Waals surface area contributed by atoms with E-state index in [4.69, 9.17) is 11.6 Å². The summed E-state index contributed by atoms with van der Waals surface area (Å²) in [5.74, 6) is -1.23. The second-order valence-corrected chi connectivity index (χ2v) is 9.88. The largest absolute Gasteiger partial charge is 0.293 e. The summed E-state index contributed by atoms with van der Waals surface area (Å²) < 4.78 is 14.1. The molecule has 10 heteroatoms. The van der Waals surface area contributed by atoms with Gasteiger partial charge in [0.25, 0.3) is 16.8 Å². The van der Waals surface area contributed by atoms with Crippen molar-refractivity contribution in [3.63, 3.8) is 0 Å². The standard InChI is InChI=1S/C24H16ClFN2O4S2/c1-14-5-8-16(9-6-14)33-21-10-7-15(11-20(21)28(31)32)12-22-23(29)27(24(30)34-22)13-17-18(25)3-2-4-19(17)26/h2-12H,13H2,1H3/b22-12-. The van der Waals surface area contributed by atoms with Gasteiger partial charge in [-0.3, -0.25) is 24.6 Å². The smallest absolute Gasteiger partial charge is 0.268 e. The van der Waals surface area contributed by atoms with E-state index in [9.17, 15) is 24.1 Å². The van der Waals surface area contributed by atoms with E-state index < -0.39 is 21.9 Å². The molecule has 1 saturated heterocycles. The number of aryl methyl sites for hydroxylation is 1. The van der Waals surface area contributed by atoms with Gasteiger partial charge in [-0.2, -0.15) is 0 Å². The Morgan fingerprint density at radius 1 is 1.15 bits per heavy atom. The average molecular weight is 515 g/mol. The van der Waals surface area contributed by atoms with Crippen molar-refractivity contribution in [1.29, 1.82) is 0 Å². The van der Waals surface area contributed by atoms with Crippen molar-refractivity contribution >= 4 is 58.0 Å². The van der Waals surface area contributed by atoms with E-state index in [1.807, 2.05) is 31.2 Å². The highest BCUT2D eigenvalue weighted by molar-refractivity contribution is 8.18. The minimum atomic E-state index is -0.618. The van der Waals surface area contributed by atoms with E-state index in [-0.39, 0.29) is 27.7 Å². The van der Waals surface area contributed by atoms with Gasteiger partial charge in [-0.25, -0.2) is 4.39 Å². The predicted molar refractivity (Wildman–Crippen MR) is 131 cm³/mol. The van der Waals surface area contributed by atoms with Crippen molar-refractivity contribution in [3.05, 3.63) is 103 Å². The number of nitro groups is 1. The number of carbonyl (C=O) groups is 2. The van der Waals surface area contributed by atoms with Crippen LogP contribution in [0.4, 0.5) is 14.9 Å². The Labute approximate surface area is 207 Å². The third kappa shape index (κ3) is 5.16. The van der Waals surface area contributed by atoms with Crippen LogP contribution >= 0.6 is 35.1 Å². The fourth-order valence-electron chi connectivity index (χ4n) is 3.22. The summed E-state index contributed by atoms with van der Waals surface area (Å²) in [4.78, 5) is 38.7. The molecule has 0 aromatic heterocycles. The molecular weight excluding hydrogens is 499 g/mol. The fourth-order valence-corrected chi connectivity index (χ4v) is 5.18. The van der Waals surface area contributed by atoms with Crippen LogP contribution in [0.1, 0.15) is 16.7 Å². The number of imide groups is 1. The first-order valence-corrected chi connectivity index (χ1v) is 12.0. The Morgan fingerprint density at radius 3 is 2.56 bits per heavy atom. The molecule has 172 valence electrons. The Morgan fingerprint density at radius 2 is 1.88 bits per heavy atom. The second kappa shape index (κ2) is 10.0. The molecule has 1 aliphatic heterocycles. The van der Waals surface area contributed by atoms with Crippen LogP contribution in [0.5, 0.6) is 0 Å². The van der Waals surface area contributed by atoms with Crippen LogP contribution in [0.3, 0.4) is 0 Å². The Balaban J connectivity index is 1.59. The maximum Gasteiger partial charge on any atom is 0.293 e. The maximum absolute atomic E-state index is 14.1. The van der Waals surface area contributed by atoms with E-state index in [1.165, 1.54) is 42.1 Å². The van der Waals surface area contributed by atoms with E-state index in [1.54, 1.807) is 12.1 Å². The average Bonchev–Trinajstić information content (AvgIpc) is 3.05. The second-order valence-electron chi connectivity index (χ2n) is 7.37. The molecule has 34 heavy (non-hydrogen) atoms. The van der Waals surface area contributed by atoms with Gasteiger partial charge < -0.3 is 0 Å². The molecule has 0 radical (unpaired) electrons. The summed E-state index contributed by atoms with van der Waals surface area (Å²) in [6.07, 6.45) is 1.42. The summed E-state index contributed by atoms with van der Waals surface area (Å²) in [5, 5.41) is 11.2. The lowest BCUT2D eigenvalue weighted by Crippen LogP contribution is -2.28. The number of amides is 2. The van der Waals surface area contributed by atoms with E-state index in [2.05, 4.69) is 0 Å². The van der Waals surface area contributed by atoms with Crippen LogP contribution < -0.4 is 0 Å². The number of hydrogen-bond donors (Lipinski definition) is 0. The third-order valence-corrected chi connectivity index (χ3v) is 7.31. The van der Waals surface area contributed by atoms with Crippen molar-refractivity contribution in [2.75, 3.05) is 0 Å². The zero-order valence-electron chi connectivity index (χ0n) is 17.7. The highest BCUT2D eigenvalue weighted by Gasteiger charge is 2.36. The van der Waals surface area contributed by atoms with Gasteiger partial charge in [-0.05, 0) is 60.7 Å². The third-order valence-electron chi connectivity index (χ3n) is 4.98. The Kier molecular flexibility index (Phi) is 7.06. The molecule has 0 N–H and O–H groups in total. The van der Waals surface area contributed by atoms with Crippen LogP contribution in [-0.4, -0.2) is 21.0 Å². The van der Waals surface area contributed by atoms with Gasteiger partial charge in [0, 0.05) is 21.5 Å². The normalized spacial score (nSPS) is 14.8. The summed E-state index contributed by atoms with van der Waals surface area (Å²) in [5.41, 5.74) is 1.41. The number of nitrogens with zero attached hydrogens (tertiary/aromatic N) is 2. The molecule has 3 aromatic carbocycles. The van der Waals surface area contributed by atoms with Crippen molar-refractivity contribution in [2.45, 2.75) is 23.3 Å². The molecule has 3 aromatic rings. The van der Waals surface area contributed by atoms with Crippen molar-refractivity contribution in [3.8, 4) is 0 Å². The first kappa shape index (κ1) is 24.0. The van der Waals surface area contributed by atoms with E-state index >= 15 is 0 Å². The number of rotatable bonds is 6. The minimum absolute atomic E-state index is 0.0424. The van der Waals surface area contributed by atoms with Crippen LogP contribution in [0, 0.1) is 22.9 Å². The molecule has 0 unspecified atom stereocenters. The molecule has 4 rings (SSSR count). The molecule has 0 saturated carbocycles. The lowest BCUT2D eigenvalue weighted by Gasteiger charge is -2.14. The lowest BCUT2D eigenvalue weighted by molar-refractivity contribution is -0.387. The highest BCUT2D eigenvalue weighted by atomic mass is 35.5. The van der Waals surface area contributed by atoms with Crippen LogP contribution in [-0.2, 0) is 11.3 Å². The lowest BCUT2D eigenvalue weighted by atomic mass is 10.1. The number of halogens is 2. The summed E-state index contributed by atoms with van der Waals surface area (Å²) in [7, 11) is 0. The zero-order chi connectivity index (χ0) is 24.4. The molecule has 0 bridgehead atoms. The van der Waals surface area contributed by atoms with Gasteiger partial charge in [0.05, 0.1) is 21.3 Å². The van der Waals surface area contributed by atoms with Crippen LogP contribution in [0.25, 0.3) is 6.08 Å². The molecule has 1 heterocycles. The van der Waals surface area contributed by atoms with Gasteiger partial charge in [-0.15, -0.1) is 0 Å². The maximum atomic E-state index is 14.1. The minimum Gasteiger partial charge on any atom is -0.268 e. The van der Waals surface area contributed by atoms with Crippen LogP contribution in [0.2, 0.25) is 5.02 Å². The molecule has 1 aliphatic rings. The molecule has 0 atom stereocenters. The molecule has 0 aliphatic carbocycles. The monoisotopic (exact) mass is 514 g/mol. The zero-order valence-corrected chi connectivity index (χ0v) is 20.0. The molecule has 2 amide bonds. The first-order valence-electron chi connectivity index (χ1n) is 9.94. The quantitative estimate of drug-likeness (QED) is 0.198. The van der Waals surface area contributed by atoms with Gasteiger partial charge in [-0.1, -0.05) is 53.2 Å². The van der Waals surface area contributed by atoms with Crippen molar-refractivity contribution < 1.29 is 18.9 Å². The molecular formula is C24H16ClFN2O4S2. The molecule has 6 nitrogen and oxygen atoms in total. The number of nitro benzene ring substituents is 1. The first-order chi connectivity index (χ1) is 16.2. The summed E-state index contributed by atoms with van der Waals surface area (Å²) in [6, 6.07) is 16.3. The molecule has 1 fully saturated rings. The summed E-state index contributed by atoms with van der Waals surface area (Å²) in [6.45, 7) is 1.65. The van der Waals surface area contributed by atoms with Gasteiger partial charge in [0.1, 0.15) is 5.82 Å². The van der Waals surface area contributed by atoms with Crippen molar-refractivity contribution in [1.82, 2.24) is 4.90 Å².